The molecule has 0 saturated carbocycles. The summed E-state index contributed by atoms with van der Waals surface area (Å²) in [5.41, 5.74) is 4.49. The molecule has 3 fully saturated rings. The number of rotatable bonds is 9. The number of nitrogens with zero attached hydrogens (tertiary/aromatic N) is 6. The number of amides is 4. The van der Waals surface area contributed by atoms with Crippen LogP contribution in [0.3, 0.4) is 0 Å². The van der Waals surface area contributed by atoms with Crippen molar-refractivity contribution in [1.29, 1.82) is 0 Å². The van der Waals surface area contributed by atoms with Crippen molar-refractivity contribution in [3.8, 4) is 11.1 Å². The fraction of sp³-hybridized carbons (Fsp3) is 0.436. The van der Waals surface area contributed by atoms with E-state index in [9.17, 15) is 14.4 Å². The van der Waals surface area contributed by atoms with Crippen molar-refractivity contribution >= 4 is 23.7 Å². The Kier molecular flexibility index (Phi) is 11.8. The van der Waals surface area contributed by atoms with Gasteiger partial charge in [0, 0.05) is 77.1 Å². The standard InChI is InChI=1S/C39H49N6O4/c1-40(37(46)34-19-17-32(18-20-34)31-41-25-27-43(28-26-41)38(47)42-21-9-3-10-22-42)29-30-49-39(48)45(44-23-11-4-12-24-44)36-16-8-7-15-35(36)33-13-5-2-6-14-33/h2,4-8,13-20H,3,9-12,21-31H2,1H3. The summed E-state index contributed by atoms with van der Waals surface area (Å²) >= 11 is 0. The summed E-state index contributed by atoms with van der Waals surface area (Å²) in [6.07, 6.45) is 7.01. The van der Waals surface area contributed by atoms with E-state index in [0.29, 0.717) is 5.56 Å². The van der Waals surface area contributed by atoms with E-state index in [-0.39, 0.29) is 25.1 Å². The van der Waals surface area contributed by atoms with E-state index < -0.39 is 6.09 Å². The van der Waals surface area contributed by atoms with E-state index in [1.54, 1.807) is 17.0 Å². The second-order valence-electron chi connectivity index (χ2n) is 13.1. The molecule has 4 amide bonds. The molecule has 3 aliphatic heterocycles. The number of hydrazine groups is 1. The van der Waals surface area contributed by atoms with Gasteiger partial charge in [-0.3, -0.25) is 9.69 Å². The average Bonchev–Trinajstić information content (AvgIpc) is 3.16. The molecule has 3 aliphatic rings. The van der Waals surface area contributed by atoms with Crippen molar-refractivity contribution in [3.05, 3.63) is 96.4 Å². The Balaban J connectivity index is 0.999. The van der Waals surface area contributed by atoms with Gasteiger partial charge in [0.2, 0.25) is 0 Å². The highest BCUT2D eigenvalue weighted by Gasteiger charge is 2.29. The third-order valence-electron chi connectivity index (χ3n) is 9.73. The first-order chi connectivity index (χ1) is 24.0. The molecule has 0 aromatic heterocycles. The van der Waals surface area contributed by atoms with Gasteiger partial charge in [0.15, 0.2) is 0 Å². The van der Waals surface area contributed by atoms with E-state index in [0.717, 1.165) is 107 Å². The third-order valence-corrected chi connectivity index (χ3v) is 9.73. The predicted octanol–water partition coefficient (Wildman–Crippen LogP) is 6.01. The lowest BCUT2D eigenvalue weighted by molar-refractivity contribution is 0.0735. The van der Waals surface area contributed by atoms with Crippen LogP contribution in [0, 0.1) is 6.42 Å². The highest BCUT2D eigenvalue weighted by molar-refractivity contribution is 5.94. The molecule has 0 spiro atoms. The highest BCUT2D eigenvalue weighted by atomic mass is 16.6. The van der Waals surface area contributed by atoms with Crippen molar-refractivity contribution in [3.63, 3.8) is 0 Å². The largest absolute Gasteiger partial charge is 0.446 e. The van der Waals surface area contributed by atoms with Gasteiger partial charge in [0.1, 0.15) is 6.61 Å². The molecule has 3 aromatic carbocycles. The maximum atomic E-state index is 13.7. The lowest BCUT2D eigenvalue weighted by Crippen LogP contribution is -2.53. The fourth-order valence-electron chi connectivity index (χ4n) is 6.87. The van der Waals surface area contributed by atoms with Gasteiger partial charge in [-0.05, 0) is 67.9 Å². The van der Waals surface area contributed by atoms with Crippen LogP contribution in [-0.2, 0) is 11.3 Å². The number of urea groups is 1. The maximum absolute atomic E-state index is 13.7. The van der Waals surface area contributed by atoms with Crippen molar-refractivity contribution in [2.24, 2.45) is 0 Å². The molecule has 3 saturated heterocycles. The van der Waals surface area contributed by atoms with E-state index in [1.165, 1.54) is 6.42 Å². The number of para-hydroxylation sites is 1. The van der Waals surface area contributed by atoms with Crippen molar-refractivity contribution in [2.75, 3.05) is 77.6 Å². The minimum Gasteiger partial charge on any atom is -0.446 e. The highest BCUT2D eigenvalue weighted by Crippen LogP contribution is 2.33. The Morgan fingerprint density at radius 2 is 1.37 bits per heavy atom. The zero-order valence-corrected chi connectivity index (χ0v) is 28.7. The number of piperidine rings is 2. The van der Waals surface area contributed by atoms with Crippen LogP contribution in [-0.4, -0.2) is 115 Å². The molecule has 1 radical (unpaired) electrons. The number of likely N-dealkylation sites (tertiary alicyclic amines) is 1. The quantitative estimate of drug-likeness (QED) is 0.279. The maximum Gasteiger partial charge on any atom is 0.429 e. The number of carbonyl (C=O) groups is 3. The number of piperazine rings is 1. The number of benzene rings is 3. The van der Waals surface area contributed by atoms with Gasteiger partial charge in [-0.15, -0.1) is 0 Å². The van der Waals surface area contributed by atoms with Crippen molar-refractivity contribution in [1.82, 2.24) is 24.6 Å². The van der Waals surface area contributed by atoms with Gasteiger partial charge in [-0.2, -0.15) is 0 Å². The van der Waals surface area contributed by atoms with Crippen LogP contribution in [0.5, 0.6) is 0 Å². The zero-order chi connectivity index (χ0) is 34.0. The normalized spacial score (nSPS) is 17.4. The van der Waals surface area contributed by atoms with E-state index in [4.69, 9.17) is 4.74 Å². The molecule has 3 aromatic rings. The van der Waals surface area contributed by atoms with Crippen molar-refractivity contribution < 1.29 is 19.1 Å². The molecule has 6 rings (SSSR count). The summed E-state index contributed by atoms with van der Waals surface area (Å²) in [6, 6.07) is 25.9. The van der Waals surface area contributed by atoms with Crippen LogP contribution < -0.4 is 5.01 Å². The number of anilines is 1. The zero-order valence-electron chi connectivity index (χ0n) is 28.7. The molecule has 0 bridgehead atoms. The van der Waals surface area contributed by atoms with Gasteiger partial charge in [0.05, 0.1) is 12.2 Å². The summed E-state index contributed by atoms with van der Waals surface area (Å²) in [5.74, 6) is -0.120. The Morgan fingerprint density at radius 1 is 0.714 bits per heavy atom. The van der Waals surface area contributed by atoms with E-state index in [1.807, 2.05) is 88.7 Å². The first-order valence-corrected chi connectivity index (χ1v) is 17.8. The smallest absolute Gasteiger partial charge is 0.429 e. The molecule has 10 heteroatoms. The summed E-state index contributed by atoms with van der Waals surface area (Å²) in [7, 11) is 1.73. The molecule has 259 valence electrons. The number of hydrogen-bond acceptors (Lipinski definition) is 6. The average molecular weight is 666 g/mol. The van der Waals surface area contributed by atoms with Gasteiger partial charge in [-0.25, -0.2) is 19.6 Å². The minimum absolute atomic E-state index is 0.0787. The molecule has 0 atom stereocenters. The van der Waals surface area contributed by atoms with E-state index >= 15 is 0 Å². The van der Waals surface area contributed by atoms with Crippen LogP contribution in [0.1, 0.15) is 48.0 Å². The number of ether oxygens (including phenoxy) is 1. The molecular formula is C39H49N6O4. The molecule has 0 unspecified atom stereocenters. The molecule has 10 nitrogen and oxygen atoms in total. The Bertz CT molecular complexity index is 1530. The SMILES string of the molecule is CN(CCOC(=O)N(c1ccccc1-c1ccccc1)N1CC[CH]CC1)C(=O)c1ccc(CN2CCN(C(=O)N3CCCCC3)CC2)cc1. The summed E-state index contributed by atoms with van der Waals surface area (Å²) in [4.78, 5) is 47.8. The van der Waals surface area contributed by atoms with Gasteiger partial charge < -0.3 is 19.4 Å². The first kappa shape index (κ1) is 34.5. The second-order valence-corrected chi connectivity index (χ2v) is 13.1. The summed E-state index contributed by atoms with van der Waals surface area (Å²) in [6.45, 7) is 7.51. The fourth-order valence-corrected chi connectivity index (χ4v) is 6.87. The van der Waals surface area contributed by atoms with Crippen LogP contribution in [0.25, 0.3) is 11.1 Å². The van der Waals surface area contributed by atoms with Crippen molar-refractivity contribution in [2.45, 2.75) is 38.6 Å². The van der Waals surface area contributed by atoms with Crippen LogP contribution in [0.2, 0.25) is 0 Å². The van der Waals surface area contributed by atoms with Crippen LogP contribution >= 0.6 is 0 Å². The molecular weight excluding hydrogens is 616 g/mol. The number of carbonyl (C=O) groups excluding carboxylic acids is 3. The minimum atomic E-state index is -0.452. The Hall–Kier alpha value is -4.41. The van der Waals surface area contributed by atoms with Crippen LogP contribution in [0.15, 0.2) is 78.9 Å². The Morgan fingerprint density at radius 3 is 2.08 bits per heavy atom. The van der Waals surface area contributed by atoms with Crippen LogP contribution in [0.4, 0.5) is 15.3 Å². The van der Waals surface area contributed by atoms with Gasteiger partial charge >= 0.3 is 12.1 Å². The van der Waals surface area contributed by atoms with E-state index in [2.05, 4.69) is 16.3 Å². The molecule has 3 heterocycles. The first-order valence-electron chi connectivity index (χ1n) is 17.8. The lowest BCUT2D eigenvalue weighted by Gasteiger charge is -2.38. The topological polar surface area (TPSA) is 79.9 Å². The monoisotopic (exact) mass is 665 g/mol. The predicted molar refractivity (Wildman–Crippen MR) is 192 cm³/mol. The Labute approximate surface area is 290 Å². The number of hydrogen-bond donors (Lipinski definition) is 0. The van der Waals surface area contributed by atoms with Gasteiger partial charge in [-0.1, -0.05) is 60.7 Å². The molecule has 49 heavy (non-hydrogen) atoms. The number of likely N-dealkylation sites (N-methyl/N-ethyl adjacent to an activating group) is 1. The summed E-state index contributed by atoms with van der Waals surface area (Å²) < 4.78 is 5.83. The molecule has 0 N–H and O–H groups in total. The lowest BCUT2D eigenvalue weighted by atomic mass is 10.0. The molecule has 0 aliphatic carbocycles. The van der Waals surface area contributed by atoms with Gasteiger partial charge in [0.25, 0.3) is 5.91 Å². The third kappa shape index (κ3) is 8.80. The summed E-state index contributed by atoms with van der Waals surface area (Å²) in [5, 5.41) is 3.72. The second kappa shape index (κ2) is 16.8.